The van der Waals surface area contributed by atoms with Crippen LogP contribution in [0.4, 0.5) is 4.79 Å². The van der Waals surface area contributed by atoms with Gasteiger partial charge in [-0.05, 0) is 61.5 Å². The van der Waals surface area contributed by atoms with Crippen molar-refractivity contribution < 1.29 is 14.3 Å². The number of hydrogen-bond donors (Lipinski definition) is 1. The lowest BCUT2D eigenvalue weighted by Crippen LogP contribution is -2.53. The highest BCUT2D eigenvalue weighted by Gasteiger charge is 2.37. The van der Waals surface area contributed by atoms with Gasteiger partial charge >= 0.3 is 6.09 Å². The van der Waals surface area contributed by atoms with Gasteiger partial charge in [-0.1, -0.05) is 6.07 Å². The molecule has 0 aliphatic carbocycles. The zero-order valence-electron chi connectivity index (χ0n) is 14.7. The maximum atomic E-state index is 12.6. The molecule has 1 aromatic rings. The molecule has 6 nitrogen and oxygen atoms in total. The summed E-state index contributed by atoms with van der Waals surface area (Å²) in [6.07, 6.45) is 2.90. The Hall–Kier alpha value is -2.08. The molecule has 25 heavy (non-hydrogen) atoms. The summed E-state index contributed by atoms with van der Waals surface area (Å²) in [7, 11) is 1.62. The standard InChI is InChI=1S/C19H25N3O3/c1-20-18(23)15-3-2-13-6-9-22(11-16(13)10-15)19(24)25-17-12-21-7-4-14(17)5-8-21/h2-3,10,14,17H,4-9,11-12H2,1H3,(H,20,23)/t17-/m1/s1. The molecule has 4 aliphatic heterocycles. The molecule has 4 heterocycles. The summed E-state index contributed by atoms with van der Waals surface area (Å²) in [5.41, 5.74) is 2.88. The predicted octanol–water partition coefficient (Wildman–Crippen LogP) is 1.64. The van der Waals surface area contributed by atoms with Gasteiger partial charge in [0, 0.05) is 32.2 Å². The molecule has 0 saturated carbocycles. The topological polar surface area (TPSA) is 61.9 Å². The van der Waals surface area contributed by atoms with Crippen molar-refractivity contribution in [3.63, 3.8) is 0 Å². The number of carbonyl (C=O) groups excluding carboxylic acids is 2. The maximum absolute atomic E-state index is 12.6. The van der Waals surface area contributed by atoms with Crippen molar-refractivity contribution in [1.29, 1.82) is 0 Å². The molecule has 134 valence electrons. The minimum Gasteiger partial charge on any atom is -0.444 e. The molecule has 3 saturated heterocycles. The van der Waals surface area contributed by atoms with Crippen molar-refractivity contribution in [2.24, 2.45) is 5.92 Å². The first-order valence-electron chi connectivity index (χ1n) is 9.16. The molecule has 5 rings (SSSR count). The lowest BCUT2D eigenvalue weighted by Gasteiger charge is -2.44. The summed E-state index contributed by atoms with van der Waals surface area (Å²) in [6.45, 7) is 4.34. The van der Waals surface area contributed by atoms with E-state index < -0.39 is 0 Å². The first-order valence-corrected chi connectivity index (χ1v) is 9.16. The number of nitrogens with zero attached hydrogens (tertiary/aromatic N) is 2. The molecule has 3 fully saturated rings. The van der Waals surface area contributed by atoms with Crippen LogP contribution in [0.2, 0.25) is 0 Å². The number of nitrogens with one attached hydrogen (secondary N) is 1. The second-order valence-electron chi connectivity index (χ2n) is 7.29. The molecule has 0 radical (unpaired) electrons. The number of fused-ring (bicyclic) bond motifs is 4. The molecule has 0 spiro atoms. The van der Waals surface area contributed by atoms with Crippen LogP contribution in [0.1, 0.15) is 34.3 Å². The number of rotatable bonds is 2. The van der Waals surface area contributed by atoms with Crippen LogP contribution in [0.3, 0.4) is 0 Å². The van der Waals surface area contributed by atoms with Crippen LogP contribution in [-0.4, -0.2) is 61.1 Å². The van der Waals surface area contributed by atoms with E-state index in [0.717, 1.165) is 44.5 Å². The van der Waals surface area contributed by atoms with Gasteiger partial charge in [-0.25, -0.2) is 4.79 Å². The third kappa shape index (κ3) is 3.23. The fraction of sp³-hybridized carbons (Fsp3) is 0.579. The van der Waals surface area contributed by atoms with Crippen molar-refractivity contribution in [2.45, 2.75) is 31.9 Å². The minimum atomic E-state index is -0.213. The van der Waals surface area contributed by atoms with Crippen molar-refractivity contribution in [3.8, 4) is 0 Å². The fourth-order valence-electron chi connectivity index (χ4n) is 4.25. The lowest BCUT2D eigenvalue weighted by atomic mass is 9.86. The second kappa shape index (κ2) is 6.67. The zero-order valence-corrected chi connectivity index (χ0v) is 14.7. The summed E-state index contributed by atoms with van der Waals surface area (Å²) in [4.78, 5) is 28.6. The number of piperidine rings is 3. The van der Waals surface area contributed by atoms with E-state index in [0.29, 0.717) is 24.6 Å². The van der Waals surface area contributed by atoms with Gasteiger partial charge in [-0.3, -0.25) is 9.69 Å². The monoisotopic (exact) mass is 343 g/mol. The van der Waals surface area contributed by atoms with Gasteiger partial charge in [0.2, 0.25) is 0 Å². The molecule has 6 heteroatoms. The van der Waals surface area contributed by atoms with Gasteiger partial charge in [-0.2, -0.15) is 0 Å². The summed E-state index contributed by atoms with van der Waals surface area (Å²) < 4.78 is 5.84. The molecule has 0 unspecified atom stereocenters. The molecule has 1 aromatic carbocycles. The van der Waals surface area contributed by atoms with E-state index in [1.807, 2.05) is 18.2 Å². The van der Waals surface area contributed by atoms with Crippen molar-refractivity contribution >= 4 is 12.0 Å². The van der Waals surface area contributed by atoms with Crippen molar-refractivity contribution in [3.05, 3.63) is 34.9 Å². The van der Waals surface area contributed by atoms with Crippen LogP contribution < -0.4 is 5.32 Å². The molecule has 0 aromatic heterocycles. The SMILES string of the molecule is CNC(=O)c1ccc2c(c1)CN(C(=O)O[C@@H]1CN3CCC1CC3)CC2. The van der Waals surface area contributed by atoms with E-state index in [1.165, 1.54) is 5.56 Å². The normalized spacial score (nSPS) is 27.6. The molecule has 1 atom stereocenters. The van der Waals surface area contributed by atoms with E-state index in [4.69, 9.17) is 4.74 Å². The van der Waals surface area contributed by atoms with Gasteiger partial charge in [-0.15, -0.1) is 0 Å². The van der Waals surface area contributed by atoms with E-state index in [2.05, 4.69) is 10.2 Å². The van der Waals surface area contributed by atoms with Crippen LogP contribution >= 0.6 is 0 Å². The summed E-state index contributed by atoms with van der Waals surface area (Å²) in [5.74, 6) is 0.417. The quantitative estimate of drug-likeness (QED) is 0.887. The Balaban J connectivity index is 1.42. The van der Waals surface area contributed by atoms with Crippen molar-refractivity contribution in [2.75, 3.05) is 33.2 Å². The lowest BCUT2D eigenvalue weighted by molar-refractivity contribution is -0.0446. The van der Waals surface area contributed by atoms with E-state index in [9.17, 15) is 9.59 Å². The van der Waals surface area contributed by atoms with Crippen LogP contribution in [0.5, 0.6) is 0 Å². The van der Waals surface area contributed by atoms with Gasteiger partial charge in [0.15, 0.2) is 0 Å². The largest absolute Gasteiger partial charge is 0.444 e. The number of benzene rings is 1. The molecule has 2 amide bonds. The van der Waals surface area contributed by atoms with E-state index in [-0.39, 0.29) is 18.1 Å². The molecule has 2 bridgehead atoms. The Labute approximate surface area is 148 Å². The number of ether oxygens (including phenoxy) is 1. The van der Waals surface area contributed by atoms with Gasteiger partial charge in [0.25, 0.3) is 5.91 Å². The highest BCUT2D eigenvalue weighted by Crippen LogP contribution is 2.30. The highest BCUT2D eigenvalue weighted by molar-refractivity contribution is 5.94. The van der Waals surface area contributed by atoms with E-state index in [1.54, 1.807) is 11.9 Å². The Bertz CT molecular complexity index is 682. The first kappa shape index (κ1) is 16.4. The summed E-state index contributed by atoms with van der Waals surface area (Å²) in [5, 5.41) is 2.64. The third-order valence-electron chi connectivity index (χ3n) is 5.81. The summed E-state index contributed by atoms with van der Waals surface area (Å²) in [6, 6.07) is 5.73. The first-order chi connectivity index (χ1) is 12.1. The van der Waals surface area contributed by atoms with Gasteiger partial charge in [0.05, 0.1) is 0 Å². The second-order valence-corrected chi connectivity index (χ2v) is 7.29. The Kier molecular flexibility index (Phi) is 4.37. The third-order valence-corrected chi connectivity index (χ3v) is 5.81. The molecule has 1 N–H and O–H groups in total. The van der Waals surface area contributed by atoms with Crippen LogP contribution in [0.15, 0.2) is 18.2 Å². The summed E-state index contributed by atoms with van der Waals surface area (Å²) >= 11 is 0. The fourth-order valence-corrected chi connectivity index (χ4v) is 4.25. The smallest absolute Gasteiger partial charge is 0.410 e. The Morgan fingerprint density at radius 1 is 1.16 bits per heavy atom. The van der Waals surface area contributed by atoms with Gasteiger partial charge in [0.1, 0.15) is 6.10 Å². The maximum Gasteiger partial charge on any atom is 0.410 e. The number of amides is 2. The average molecular weight is 343 g/mol. The molecular formula is C19H25N3O3. The number of hydrogen-bond acceptors (Lipinski definition) is 4. The zero-order chi connectivity index (χ0) is 17.4. The average Bonchev–Trinajstić information content (AvgIpc) is 2.67. The van der Waals surface area contributed by atoms with E-state index >= 15 is 0 Å². The molecule has 4 aliphatic rings. The van der Waals surface area contributed by atoms with Gasteiger partial charge < -0.3 is 15.0 Å². The minimum absolute atomic E-state index is 0.0357. The predicted molar refractivity (Wildman–Crippen MR) is 93.4 cm³/mol. The number of carbonyl (C=O) groups is 2. The van der Waals surface area contributed by atoms with Crippen LogP contribution in [0.25, 0.3) is 0 Å². The van der Waals surface area contributed by atoms with Crippen LogP contribution in [0, 0.1) is 5.92 Å². The molecular weight excluding hydrogens is 318 g/mol. The van der Waals surface area contributed by atoms with Crippen molar-refractivity contribution in [1.82, 2.24) is 15.1 Å². The van der Waals surface area contributed by atoms with Crippen LogP contribution in [-0.2, 0) is 17.7 Å². The Morgan fingerprint density at radius 2 is 1.96 bits per heavy atom. The highest BCUT2D eigenvalue weighted by atomic mass is 16.6. The Morgan fingerprint density at radius 3 is 2.64 bits per heavy atom.